The molecule has 5 atom stereocenters. The van der Waals surface area contributed by atoms with Crippen LogP contribution in [0.4, 0.5) is 35.1 Å². The molecule has 0 amide bonds. The standard InChI is InChI=1S/C11H12ClFO2.C11H13FO3.C11H11FO3.C10H11FO2.C9H9FO2.2C9H9FO.C6H5FO.C3H5Br.C2H4Cl2O.B.Cl2OS.Na.H2.H/c1-14-6-10-4-7-2-9(13)3-8(5-12)11(7)15-10;2*1-14-6-10-4-7-2-9(12)3-8(5-13)11(7)15-10;1-12-6-9-5-7-4-8(11)2-3-10(7)13-9;10-7-1-2-9-6(3-7)4-8(5-11)12-9;1-2-7-11-9-5-3-8(10)4-6-9;1-2-3-7-6-8(10)4-5-9(7)11;7-5-1-3-6(8)4-2-5;1-2-3-4;1-5-2(3)4;;1-4(2)3;;;/h2-3,10H,4-6H2,1H3;2-3,10,13H,4-6H2,1H3;2-3,5,10H,4,6H2,1H3;2-4,9H,5-6H2,1H3;1-3,8,11H,4-5H2;2-6H,1,7H2;2,4-6,11H,1,3H2;1-4,8H;2H,1,3H2;2H,1H3;;;;1H;/q;;;;;;;;;;;;+1;;-1/i;;;;;;;;;;;;;1+1;. The third-order valence-electron chi connectivity index (χ3n) is 15.1. The maximum Gasteiger partial charge on any atom is 1.00 e. The number of fused-ring (bicyclic) bond motifs is 5. The van der Waals surface area contributed by atoms with Crippen molar-refractivity contribution in [3.63, 3.8) is 0 Å². The quantitative estimate of drug-likeness (QED) is 0.0148. The van der Waals surface area contributed by atoms with Gasteiger partial charge in [0.2, 0.25) is 14.2 Å². The molecule has 0 saturated carbocycles. The van der Waals surface area contributed by atoms with Crippen molar-refractivity contribution in [2.45, 2.75) is 86.6 Å². The first-order valence-electron chi connectivity index (χ1n) is 33.9. The summed E-state index contributed by atoms with van der Waals surface area (Å²) in [6.45, 7) is 12.6. The molecule has 5 aliphatic heterocycles. The molecular weight excluding hydrogens is 1720 g/mol. The second kappa shape index (κ2) is 59.9. The molecule has 0 aromatic heterocycles. The Hall–Kier alpha value is -6.65. The van der Waals surface area contributed by atoms with Crippen LogP contribution in [0.15, 0.2) is 177 Å². The molecule has 0 saturated heterocycles. The van der Waals surface area contributed by atoms with Crippen LogP contribution in [0.3, 0.4) is 0 Å². The predicted molar refractivity (Wildman–Crippen MR) is 436 cm³/mol. The number of ether oxygens (including phenoxy) is 11. The van der Waals surface area contributed by atoms with E-state index in [9.17, 15) is 39.9 Å². The van der Waals surface area contributed by atoms with Gasteiger partial charge < -0.3 is 74.0 Å². The maximum atomic E-state index is 13.2. The number of hydrogen-bond acceptors (Lipinski definition) is 17. The van der Waals surface area contributed by atoms with E-state index in [1.165, 1.54) is 122 Å². The third-order valence-corrected chi connectivity index (χ3v) is 16.2. The number of methoxy groups -OCH3 is 5. The van der Waals surface area contributed by atoms with E-state index in [2.05, 4.69) is 61.8 Å². The fraction of sp³-hybridized carbons (Fsp3) is 0.321. The number of aliphatic hydroxyl groups is 2. The molecular formula is C81H91BBrCl5F8NaO17S. The van der Waals surface area contributed by atoms with Crippen molar-refractivity contribution in [3.8, 4) is 46.0 Å². The van der Waals surface area contributed by atoms with Crippen LogP contribution in [0, 0.1) is 46.5 Å². The fourth-order valence-corrected chi connectivity index (χ4v) is 10.7. The molecule has 625 valence electrons. The van der Waals surface area contributed by atoms with E-state index >= 15 is 0 Å². The zero-order valence-corrected chi connectivity index (χ0v) is 71.8. The molecule has 8 aromatic rings. The first-order valence-corrected chi connectivity index (χ1v) is 39.2. The van der Waals surface area contributed by atoms with Crippen LogP contribution in [0.25, 0.3) is 0 Å². The fourth-order valence-electron chi connectivity index (χ4n) is 10.5. The number of alkyl halides is 4. The first kappa shape index (κ1) is 106. The Morgan fingerprint density at radius 3 is 1.28 bits per heavy atom. The van der Waals surface area contributed by atoms with Gasteiger partial charge in [-0.15, -0.1) is 24.8 Å². The summed E-state index contributed by atoms with van der Waals surface area (Å²) in [5, 5.41) is 35.8. The number of hydrogen-bond donors (Lipinski definition) is 4. The number of aliphatic hydroxyl groups excluding tert-OH is 2. The van der Waals surface area contributed by atoms with Gasteiger partial charge in [-0.2, -0.15) is 0 Å². The average molecular weight is 1810 g/mol. The van der Waals surface area contributed by atoms with Crippen LogP contribution in [0.5, 0.6) is 46.0 Å². The van der Waals surface area contributed by atoms with E-state index in [4.69, 9.17) is 107 Å². The molecule has 5 aliphatic rings. The summed E-state index contributed by atoms with van der Waals surface area (Å²) in [5.74, 6) is 2.06. The number of phenols is 2. The third kappa shape index (κ3) is 41.1. The predicted octanol–water partition coefficient (Wildman–Crippen LogP) is 15.4. The Morgan fingerprint density at radius 2 is 0.878 bits per heavy atom. The number of carbonyl (C=O) groups is 1. The van der Waals surface area contributed by atoms with Crippen LogP contribution < -0.4 is 58.0 Å². The average Bonchev–Trinajstić information content (AvgIpc) is 1.69. The Labute approximate surface area is 726 Å². The summed E-state index contributed by atoms with van der Waals surface area (Å²) in [5.41, 5.74) is 6.25. The maximum absolute atomic E-state index is 13.2. The van der Waals surface area contributed by atoms with Crippen molar-refractivity contribution in [2.75, 3.05) is 80.5 Å². The molecule has 8 aromatic carbocycles. The number of phenolic OH excluding ortho intramolecular Hbond substituents is 2. The topological polar surface area (TPSA) is 217 Å². The second-order valence-electron chi connectivity index (χ2n) is 23.6. The van der Waals surface area contributed by atoms with Crippen LogP contribution in [0.1, 0.15) is 57.7 Å². The van der Waals surface area contributed by atoms with Crippen molar-refractivity contribution < 1.29 is 149 Å². The van der Waals surface area contributed by atoms with Gasteiger partial charge in [0.05, 0.1) is 51.1 Å². The van der Waals surface area contributed by atoms with Crippen molar-refractivity contribution in [1.29, 1.82) is 0 Å². The molecule has 5 heterocycles. The van der Waals surface area contributed by atoms with Gasteiger partial charge in [-0.1, -0.05) is 63.9 Å². The molecule has 4 N–H and O–H groups in total. The monoisotopic (exact) mass is 1810 g/mol. The number of benzene rings is 8. The Kier molecular flexibility index (Phi) is 55.4. The van der Waals surface area contributed by atoms with E-state index in [0.717, 1.165) is 51.1 Å². The molecule has 5 unspecified atom stereocenters. The summed E-state index contributed by atoms with van der Waals surface area (Å²) in [7, 11) is 15.2. The smallest absolute Gasteiger partial charge is 1.00 e. The molecule has 0 spiro atoms. The molecule has 13 rings (SSSR count). The van der Waals surface area contributed by atoms with Gasteiger partial charge >= 0.3 is 29.6 Å². The van der Waals surface area contributed by atoms with Gasteiger partial charge in [0, 0.05) is 149 Å². The molecule has 0 aliphatic carbocycles. The summed E-state index contributed by atoms with van der Waals surface area (Å²) in [6.07, 6.45) is 9.03. The largest absolute Gasteiger partial charge is 1.00 e. The minimum atomic E-state index is -1.67. The zero-order chi connectivity index (χ0) is 84.0. The van der Waals surface area contributed by atoms with Crippen molar-refractivity contribution in [1.82, 2.24) is 0 Å². The van der Waals surface area contributed by atoms with Gasteiger partial charge in [-0.25, -0.2) is 39.3 Å². The number of halogens is 14. The molecule has 0 fully saturated rings. The van der Waals surface area contributed by atoms with Crippen molar-refractivity contribution in [3.05, 3.63) is 274 Å². The summed E-state index contributed by atoms with van der Waals surface area (Å²) in [6, 6.07) is 32.0. The van der Waals surface area contributed by atoms with Gasteiger partial charge in [0.25, 0.3) is 0 Å². The SMILES string of the molecule is C=CCBr.C=CCOc1ccc(F)cc1.C=CCc1cc(F)ccc1O.COC(Cl)Cl.COCC1Cc2cc(F)cc(C=O)c2O1.COCC1Cc2cc(F)cc(CCl)c2O1.COCC1Cc2cc(F)cc(CO)c2O1.COCC1Cc2cc(F)ccc2O1.O=S(Cl)Cl.OCC1Cc2cc(F)ccc2O1.Oc1ccc(F)cc1.[2HH].[B].[H-].[Na+]. The molecule has 0 bridgehead atoms. The zero-order valence-electron chi connectivity index (χ0n) is 64.7. The van der Waals surface area contributed by atoms with Gasteiger partial charge in [-0.05, 0) is 146 Å². The van der Waals surface area contributed by atoms with Gasteiger partial charge in [0.1, 0.15) is 130 Å². The van der Waals surface area contributed by atoms with Crippen molar-refractivity contribution in [2.24, 2.45) is 0 Å². The number of aldehydes is 1. The van der Waals surface area contributed by atoms with Gasteiger partial charge in [-0.3, -0.25) is 4.79 Å². The van der Waals surface area contributed by atoms with Crippen LogP contribution in [-0.4, -0.2) is 155 Å². The minimum Gasteiger partial charge on any atom is -1.00 e. The van der Waals surface area contributed by atoms with Gasteiger partial charge in [0.15, 0.2) is 6.29 Å². The normalized spacial score (nSPS) is 15.0. The molecule has 115 heavy (non-hydrogen) atoms. The van der Waals surface area contributed by atoms with E-state index in [-0.39, 0.29) is 148 Å². The minimum absolute atomic E-state index is 0. The Morgan fingerprint density at radius 1 is 0.522 bits per heavy atom. The van der Waals surface area contributed by atoms with E-state index in [1.807, 2.05) is 0 Å². The second-order valence-corrected chi connectivity index (χ2v) is 28.1. The van der Waals surface area contributed by atoms with E-state index in [0.29, 0.717) is 111 Å². The van der Waals surface area contributed by atoms with Crippen LogP contribution in [-0.2, 0) is 83.9 Å². The molecule has 17 nitrogen and oxygen atoms in total. The van der Waals surface area contributed by atoms with Crippen molar-refractivity contribution >= 4 is 96.0 Å². The number of allylic oxidation sites excluding steroid dienone is 2. The molecule has 34 heteroatoms. The molecule has 3 radical (unpaired) electrons. The van der Waals surface area contributed by atoms with E-state index < -0.39 is 20.1 Å². The van der Waals surface area contributed by atoms with Crippen LogP contribution in [0.2, 0.25) is 0 Å². The summed E-state index contributed by atoms with van der Waals surface area (Å²) in [4.78, 5) is 10.7. The summed E-state index contributed by atoms with van der Waals surface area (Å²) < 4.78 is 168. The summed E-state index contributed by atoms with van der Waals surface area (Å²) >= 11 is 18.9. The van der Waals surface area contributed by atoms with E-state index in [1.54, 1.807) is 70.9 Å². The number of aromatic hydroxyl groups is 2. The Bertz CT molecular complexity index is 4120. The number of carbonyl (C=O) groups excluding carboxylic acids is 1. The van der Waals surface area contributed by atoms with Crippen LogP contribution >= 0.6 is 72.1 Å². The number of rotatable bonds is 19. The first-order chi connectivity index (χ1) is 54.1. The Balaban J connectivity index is 0.